The molecule has 0 saturated carbocycles. The molecule has 0 aliphatic carbocycles. The maximum atomic E-state index is 12.1. The summed E-state index contributed by atoms with van der Waals surface area (Å²) < 4.78 is 36.4. The van der Waals surface area contributed by atoms with Gasteiger partial charge in [0.2, 0.25) is 0 Å². The average molecular weight is 262 g/mol. The van der Waals surface area contributed by atoms with Gasteiger partial charge in [0.05, 0.1) is 11.3 Å². The van der Waals surface area contributed by atoms with E-state index in [1.807, 2.05) is 0 Å². The quantitative estimate of drug-likeness (QED) is 0.665. The molecule has 0 heterocycles. The number of nitrogens with zero attached hydrogens (tertiary/aromatic N) is 1. The monoisotopic (exact) mass is 262 g/mol. The van der Waals surface area contributed by atoms with Gasteiger partial charge in [-0.05, 0) is 19.9 Å². The summed E-state index contributed by atoms with van der Waals surface area (Å²) in [5.74, 6) is 0. The normalized spacial score (nSPS) is 13.2. The highest BCUT2D eigenvalue weighted by Crippen LogP contribution is 2.26. The Kier molecular flexibility index (Phi) is 4.15. The Morgan fingerprint density at radius 1 is 1.44 bits per heavy atom. The highest BCUT2D eigenvalue weighted by Gasteiger charge is 2.30. The zero-order valence-corrected chi connectivity index (χ0v) is 9.91. The van der Waals surface area contributed by atoms with Gasteiger partial charge in [-0.1, -0.05) is 6.07 Å². The topological polar surface area (TPSA) is 55.2 Å². The molecule has 100 valence electrons. The zero-order valence-electron chi connectivity index (χ0n) is 9.91. The molecule has 0 bridgehead atoms. The first-order valence-electron chi connectivity index (χ1n) is 5.27. The fraction of sp³-hybridized carbons (Fsp3) is 0.455. The molecule has 0 aliphatic rings. The van der Waals surface area contributed by atoms with E-state index in [1.165, 1.54) is 25.1 Å². The lowest BCUT2D eigenvalue weighted by molar-refractivity contribution is -0.385. The molecule has 0 fully saturated rings. The van der Waals surface area contributed by atoms with Crippen LogP contribution in [0.4, 0.5) is 24.5 Å². The summed E-state index contributed by atoms with van der Waals surface area (Å²) in [6.07, 6.45) is -5.25. The van der Waals surface area contributed by atoms with Gasteiger partial charge in [0, 0.05) is 23.4 Å². The van der Waals surface area contributed by atoms with Gasteiger partial charge >= 0.3 is 6.18 Å². The molecule has 1 N–H and O–H groups in total. The van der Waals surface area contributed by atoms with Crippen LogP contribution in [0.25, 0.3) is 0 Å². The molecule has 7 heteroatoms. The van der Waals surface area contributed by atoms with Crippen molar-refractivity contribution in [1.29, 1.82) is 0 Å². The number of halogens is 3. The number of alkyl halides is 3. The van der Waals surface area contributed by atoms with Gasteiger partial charge in [-0.3, -0.25) is 10.1 Å². The Bertz CT molecular complexity index is 446. The summed E-state index contributed by atoms with van der Waals surface area (Å²) in [5, 5.41) is 13.3. The molecule has 1 atom stereocenters. The molecule has 0 aliphatic heterocycles. The molecule has 0 amide bonds. The number of anilines is 1. The number of hydrogen-bond donors (Lipinski definition) is 1. The Morgan fingerprint density at radius 3 is 2.56 bits per heavy atom. The predicted octanol–water partition coefficient (Wildman–Crippen LogP) is 3.66. The lowest BCUT2D eigenvalue weighted by Gasteiger charge is -2.17. The molecule has 18 heavy (non-hydrogen) atoms. The zero-order chi connectivity index (χ0) is 13.9. The summed E-state index contributed by atoms with van der Waals surface area (Å²) >= 11 is 0. The summed E-state index contributed by atoms with van der Waals surface area (Å²) in [6, 6.07) is 3.42. The number of rotatable bonds is 4. The maximum absolute atomic E-state index is 12.1. The van der Waals surface area contributed by atoms with Crippen molar-refractivity contribution >= 4 is 11.4 Å². The molecule has 0 spiro atoms. The van der Waals surface area contributed by atoms with Crippen LogP contribution in [-0.4, -0.2) is 17.1 Å². The van der Waals surface area contributed by atoms with E-state index in [1.54, 1.807) is 6.92 Å². The largest absolute Gasteiger partial charge is 0.391 e. The van der Waals surface area contributed by atoms with Crippen molar-refractivity contribution in [2.45, 2.75) is 32.5 Å². The number of nitrogens with one attached hydrogen (secondary N) is 1. The van der Waals surface area contributed by atoms with Crippen molar-refractivity contribution in [3.8, 4) is 0 Å². The standard InChI is InChI=1S/C11H13F3N2O2/c1-7-3-4-9(5-10(7)16(17)18)15-8(2)6-11(12,13)14/h3-5,8,15H,6H2,1-2H3. The number of hydrogen-bond acceptors (Lipinski definition) is 3. The Hall–Kier alpha value is -1.79. The molecule has 1 aromatic carbocycles. The first-order valence-corrected chi connectivity index (χ1v) is 5.27. The van der Waals surface area contributed by atoms with Gasteiger partial charge in [-0.2, -0.15) is 13.2 Å². The van der Waals surface area contributed by atoms with Crippen LogP contribution in [0.15, 0.2) is 18.2 Å². The van der Waals surface area contributed by atoms with Gasteiger partial charge in [-0.15, -0.1) is 0 Å². The first-order chi connectivity index (χ1) is 8.19. The fourth-order valence-electron chi connectivity index (χ4n) is 1.58. The molecule has 0 aromatic heterocycles. The first kappa shape index (κ1) is 14.3. The van der Waals surface area contributed by atoms with E-state index < -0.39 is 23.6 Å². The number of nitro benzene ring substituents is 1. The van der Waals surface area contributed by atoms with E-state index in [9.17, 15) is 23.3 Å². The van der Waals surface area contributed by atoms with Crippen molar-refractivity contribution in [2.75, 3.05) is 5.32 Å². The molecule has 0 saturated heterocycles. The van der Waals surface area contributed by atoms with Gasteiger partial charge < -0.3 is 5.32 Å². The second-order valence-corrected chi connectivity index (χ2v) is 4.12. The van der Waals surface area contributed by atoms with Crippen molar-refractivity contribution in [3.05, 3.63) is 33.9 Å². The van der Waals surface area contributed by atoms with Crippen LogP contribution >= 0.6 is 0 Å². The van der Waals surface area contributed by atoms with Gasteiger partial charge in [-0.25, -0.2) is 0 Å². The number of nitro groups is 1. The van der Waals surface area contributed by atoms with Crippen molar-refractivity contribution in [2.24, 2.45) is 0 Å². The van der Waals surface area contributed by atoms with E-state index in [2.05, 4.69) is 5.32 Å². The summed E-state index contributed by atoms with van der Waals surface area (Å²) in [5.41, 5.74) is 0.664. The van der Waals surface area contributed by atoms with E-state index in [0.717, 1.165) is 0 Å². The molecular weight excluding hydrogens is 249 g/mol. The molecule has 1 unspecified atom stereocenters. The van der Waals surface area contributed by atoms with Crippen LogP contribution in [-0.2, 0) is 0 Å². The summed E-state index contributed by atoms with van der Waals surface area (Å²) in [7, 11) is 0. The van der Waals surface area contributed by atoms with E-state index in [-0.39, 0.29) is 5.69 Å². The SMILES string of the molecule is Cc1ccc(NC(C)CC(F)(F)F)cc1[N+](=O)[O-]. The minimum atomic E-state index is -4.26. The minimum absolute atomic E-state index is 0.112. The van der Waals surface area contributed by atoms with Crippen LogP contribution in [0.1, 0.15) is 18.9 Å². The number of benzene rings is 1. The Morgan fingerprint density at radius 2 is 2.06 bits per heavy atom. The van der Waals surface area contributed by atoms with Crippen LogP contribution in [0.2, 0.25) is 0 Å². The van der Waals surface area contributed by atoms with Crippen molar-refractivity contribution in [1.82, 2.24) is 0 Å². The highest BCUT2D eigenvalue weighted by molar-refractivity contribution is 5.55. The summed E-state index contributed by atoms with van der Waals surface area (Å²) in [6.45, 7) is 2.94. The highest BCUT2D eigenvalue weighted by atomic mass is 19.4. The Labute approximate surface area is 102 Å². The average Bonchev–Trinajstić information content (AvgIpc) is 2.17. The van der Waals surface area contributed by atoms with Crippen molar-refractivity contribution in [3.63, 3.8) is 0 Å². The molecule has 1 rings (SSSR count). The van der Waals surface area contributed by atoms with E-state index in [0.29, 0.717) is 11.3 Å². The lowest BCUT2D eigenvalue weighted by atomic mass is 10.1. The third-order valence-corrected chi connectivity index (χ3v) is 2.36. The van der Waals surface area contributed by atoms with Crippen LogP contribution in [0.3, 0.4) is 0 Å². The Balaban J connectivity index is 2.80. The van der Waals surface area contributed by atoms with Crippen LogP contribution in [0.5, 0.6) is 0 Å². The minimum Gasteiger partial charge on any atom is -0.382 e. The number of aryl methyl sites for hydroxylation is 1. The lowest BCUT2D eigenvalue weighted by Crippen LogP contribution is -2.23. The third kappa shape index (κ3) is 4.23. The van der Waals surface area contributed by atoms with Crippen molar-refractivity contribution < 1.29 is 18.1 Å². The molecule has 1 aromatic rings. The second-order valence-electron chi connectivity index (χ2n) is 4.12. The van der Waals surface area contributed by atoms with E-state index >= 15 is 0 Å². The fourth-order valence-corrected chi connectivity index (χ4v) is 1.58. The maximum Gasteiger partial charge on any atom is 0.391 e. The van der Waals surface area contributed by atoms with E-state index in [4.69, 9.17) is 0 Å². The molecule has 4 nitrogen and oxygen atoms in total. The third-order valence-electron chi connectivity index (χ3n) is 2.36. The predicted molar refractivity (Wildman–Crippen MR) is 61.6 cm³/mol. The van der Waals surface area contributed by atoms with Gasteiger partial charge in [0.15, 0.2) is 0 Å². The van der Waals surface area contributed by atoms with Gasteiger partial charge in [0.1, 0.15) is 0 Å². The molecule has 0 radical (unpaired) electrons. The molecular formula is C11H13F3N2O2. The summed E-state index contributed by atoms with van der Waals surface area (Å²) in [4.78, 5) is 10.1. The van der Waals surface area contributed by atoms with Crippen LogP contribution in [0, 0.1) is 17.0 Å². The second kappa shape index (κ2) is 5.24. The van der Waals surface area contributed by atoms with Crippen LogP contribution < -0.4 is 5.32 Å². The smallest absolute Gasteiger partial charge is 0.382 e. The van der Waals surface area contributed by atoms with Gasteiger partial charge in [0.25, 0.3) is 5.69 Å².